The molecule has 4 nitrogen and oxygen atoms in total. The summed E-state index contributed by atoms with van der Waals surface area (Å²) in [5.41, 5.74) is 0. The van der Waals surface area contributed by atoms with E-state index in [-0.39, 0.29) is 5.91 Å². The van der Waals surface area contributed by atoms with Crippen LogP contribution in [0.4, 0.5) is 0 Å². The zero-order chi connectivity index (χ0) is 13.3. The molecule has 1 aromatic rings. The topological polar surface area (TPSA) is 38.8 Å². The fraction of sp³-hybridized carbons (Fsp3) is 0.500. The molecule has 19 heavy (non-hydrogen) atoms. The van der Waals surface area contributed by atoms with E-state index in [1.807, 2.05) is 35.2 Å². The lowest BCUT2D eigenvalue weighted by atomic mass is 10.3. The van der Waals surface area contributed by atoms with Crippen molar-refractivity contribution in [2.45, 2.75) is 0 Å². The summed E-state index contributed by atoms with van der Waals surface area (Å²) in [4.78, 5) is 13.7. The first-order valence-corrected chi connectivity index (χ1v) is 7.63. The summed E-state index contributed by atoms with van der Waals surface area (Å²) in [6.07, 6.45) is 0. The summed E-state index contributed by atoms with van der Waals surface area (Å²) >= 11 is 1.62. The third-order valence-electron chi connectivity index (χ3n) is 2.83. The summed E-state index contributed by atoms with van der Waals surface area (Å²) < 4.78 is 10.8. The Morgan fingerprint density at radius 3 is 2.74 bits per heavy atom. The van der Waals surface area contributed by atoms with Gasteiger partial charge in [0.15, 0.2) is 0 Å². The molecule has 0 unspecified atom stereocenters. The van der Waals surface area contributed by atoms with Gasteiger partial charge in [0.1, 0.15) is 5.75 Å². The molecule has 5 heteroatoms. The van der Waals surface area contributed by atoms with Crippen LogP contribution in [0, 0.1) is 0 Å². The number of para-hydroxylation sites is 1. The van der Waals surface area contributed by atoms with Crippen LogP contribution >= 0.6 is 11.8 Å². The number of carbonyl (C=O) groups is 1. The first kappa shape index (κ1) is 14.2. The van der Waals surface area contributed by atoms with Gasteiger partial charge < -0.3 is 14.4 Å². The van der Waals surface area contributed by atoms with Crippen LogP contribution in [0.1, 0.15) is 0 Å². The Kier molecular flexibility index (Phi) is 6.04. The molecule has 1 amide bonds. The van der Waals surface area contributed by atoms with Crippen LogP contribution in [0.15, 0.2) is 30.3 Å². The highest BCUT2D eigenvalue weighted by Gasteiger charge is 2.16. The van der Waals surface area contributed by atoms with Gasteiger partial charge in [-0.1, -0.05) is 18.2 Å². The van der Waals surface area contributed by atoms with Crippen molar-refractivity contribution in [2.75, 3.05) is 44.4 Å². The number of morpholine rings is 1. The molecule has 0 spiro atoms. The van der Waals surface area contributed by atoms with E-state index < -0.39 is 0 Å². The molecule has 1 fully saturated rings. The molecule has 2 rings (SSSR count). The van der Waals surface area contributed by atoms with Gasteiger partial charge in [-0.05, 0) is 12.1 Å². The molecule has 0 bridgehead atoms. The van der Waals surface area contributed by atoms with Gasteiger partial charge >= 0.3 is 0 Å². The van der Waals surface area contributed by atoms with Crippen molar-refractivity contribution >= 4 is 17.7 Å². The van der Waals surface area contributed by atoms with Crippen molar-refractivity contribution in [3.63, 3.8) is 0 Å². The standard InChI is InChI=1S/C14H19NO3S/c16-14(15-6-8-17-9-7-15)12-19-11-10-18-13-4-2-1-3-5-13/h1-5H,6-12H2. The van der Waals surface area contributed by atoms with E-state index in [1.165, 1.54) is 0 Å². The summed E-state index contributed by atoms with van der Waals surface area (Å²) in [7, 11) is 0. The minimum Gasteiger partial charge on any atom is -0.493 e. The maximum atomic E-state index is 11.8. The highest BCUT2D eigenvalue weighted by molar-refractivity contribution is 7.99. The van der Waals surface area contributed by atoms with E-state index in [0.717, 1.165) is 24.6 Å². The molecule has 1 heterocycles. The van der Waals surface area contributed by atoms with E-state index in [4.69, 9.17) is 9.47 Å². The third-order valence-corrected chi connectivity index (χ3v) is 3.74. The molecule has 0 atom stereocenters. The van der Waals surface area contributed by atoms with E-state index in [0.29, 0.717) is 25.6 Å². The summed E-state index contributed by atoms with van der Waals surface area (Å²) in [5.74, 6) is 2.43. The maximum absolute atomic E-state index is 11.8. The molecule has 0 aromatic heterocycles. The van der Waals surface area contributed by atoms with Gasteiger partial charge in [-0.3, -0.25) is 4.79 Å². The number of ether oxygens (including phenoxy) is 2. The molecular weight excluding hydrogens is 262 g/mol. The summed E-state index contributed by atoms with van der Waals surface area (Å²) in [6.45, 7) is 3.39. The first-order chi connectivity index (χ1) is 9.36. The fourth-order valence-corrected chi connectivity index (χ4v) is 2.50. The number of thioether (sulfide) groups is 1. The van der Waals surface area contributed by atoms with Gasteiger partial charge in [-0.25, -0.2) is 0 Å². The Morgan fingerprint density at radius 2 is 2.00 bits per heavy atom. The van der Waals surface area contributed by atoms with Crippen LogP contribution in [-0.2, 0) is 9.53 Å². The molecule has 1 saturated heterocycles. The van der Waals surface area contributed by atoms with Gasteiger partial charge in [-0.2, -0.15) is 0 Å². The lowest BCUT2D eigenvalue weighted by Crippen LogP contribution is -2.41. The van der Waals surface area contributed by atoms with E-state index in [9.17, 15) is 4.79 Å². The molecule has 104 valence electrons. The Balaban J connectivity index is 1.55. The minimum atomic E-state index is 0.202. The van der Waals surface area contributed by atoms with Crippen LogP contribution < -0.4 is 4.74 Å². The smallest absolute Gasteiger partial charge is 0.232 e. The first-order valence-electron chi connectivity index (χ1n) is 6.47. The second-order valence-corrected chi connectivity index (χ2v) is 5.31. The van der Waals surface area contributed by atoms with Crippen molar-refractivity contribution in [1.29, 1.82) is 0 Å². The van der Waals surface area contributed by atoms with Crippen molar-refractivity contribution < 1.29 is 14.3 Å². The van der Waals surface area contributed by atoms with Gasteiger partial charge in [0.05, 0.1) is 25.6 Å². The predicted octanol–water partition coefficient (Wildman–Crippen LogP) is 1.66. The molecule has 1 aromatic carbocycles. The van der Waals surface area contributed by atoms with Gasteiger partial charge in [0, 0.05) is 18.8 Å². The molecular formula is C14H19NO3S. The van der Waals surface area contributed by atoms with Crippen LogP contribution in [0.3, 0.4) is 0 Å². The average Bonchev–Trinajstić information content (AvgIpc) is 2.49. The number of carbonyl (C=O) groups excluding carboxylic acids is 1. The molecule has 0 N–H and O–H groups in total. The van der Waals surface area contributed by atoms with Gasteiger partial charge in [0.2, 0.25) is 5.91 Å². The normalized spacial score (nSPS) is 15.3. The van der Waals surface area contributed by atoms with Crippen molar-refractivity contribution in [2.24, 2.45) is 0 Å². The van der Waals surface area contributed by atoms with Crippen LogP contribution in [0.2, 0.25) is 0 Å². The highest BCUT2D eigenvalue weighted by Crippen LogP contribution is 2.10. The van der Waals surface area contributed by atoms with E-state index in [2.05, 4.69) is 0 Å². The zero-order valence-corrected chi connectivity index (χ0v) is 11.7. The molecule has 0 radical (unpaired) electrons. The Bertz CT molecular complexity index is 380. The zero-order valence-electron chi connectivity index (χ0n) is 10.9. The molecule has 0 aliphatic carbocycles. The Labute approximate surface area is 118 Å². The van der Waals surface area contributed by atoms with E-state index >= 15 is 0 Å². The van der Waals surface area contributed by atoms with Crippen LogP contribution in [0.25, 0.3) is 0 Å². The number of nitrogens with zero attached hydrogens (tertiary/aromatic N) is 1. The lowest BCUT2D eigenvalue weighted by Gasteiger charge is -2.26. The second-order valence-electron chi connectivity index (χ2n) is 4.21. The number of hydrogen-bond donors (Lipinski definition) is 0. The largest absolute Gasteiger partial charge is 0.493 e. The third kappa shape index (κ3) is 5.12. The average molecular weight is 281 g/mol. The fourth-order valence-electron chi connectivity index (χ4n) is 1.80. The molecule has 1 aliphatic rings. The van der Waals surface area contributed by atoms with Crippen LogP contribution in [0.5, 0.6) is 5.75 Å². The SMILES string of the molecule is O=C(CSCCOc1ccccc1)N1CCOCC1. The monoisotopic (exact) mass is 281 g/mol. The summed E-state index contributed by atoms with van der Waals surface area (Å²) in [6, 6.07) is 9.73. The quantitative estimate of drug-likeness (QED) is 0.743. The Morgan fingerprint density at radius 1 is 1.26 bits per heavy atom. The summed E-state index contributed by atoms with van der Waals surface area (Å²) in [5, 5.41) is 0. The molecule has 1 aliphatic heterocycles. The van der Waals surface area contributed by atoms with E-state index in [1.54, 1.807) is 11.8 Å². The van der Waals surface area contributed by atoms with Gasteiger partial charge in [-0.15, -0.1) is 11.8 Å². The van der Waals surface area contributed by atoms with Crippen LogP contribution in [-0.4, -0.2) is 55.2 Å². The number of hydrogen-bond acceptors (Lipinski definition) is 4. The van der Waals surface area contributed by atoms with Gasteiger partial charge in [0.25, 0.3) is 0 Å². The van der Waals surface area contributed by atoms with Crippen molar-refractivity contribution in [3.8, 4) is 5.75 Å². The van der Waals surface area contributed by atoms with Crippen molar-refractivity contribution in [3.05, 3.63) is 30.3 Å². The minimum absolute atomic E-state index is 0.202. The predicted molar refractivity (Wildman–Crippen MR) is 76.7 cm³/mol. The number of amides is 1. The maximum Gasteiger partial charge on any atom is 0.232 e. The highest BCUT2D eigenvalue weighted by atomic mass is 32.2. The number of rotatable bonds is 6. The molecule has 0 saturated carbocycles. The van der Waals surface area contributed by atoms with Crippen molar-refractivity contribution in [1.82, 2.24) is 4.90 Å². The number of benzene rings is 1. The lowest BCUT2D eigenvalue weighted by molar-refractivity contribution is -0.132. The Hall–Kier alpha value is -1.20. The second kappa shape index (κ2) is 8.07.